The molecule has 1 nitrogen and oxygen atoms in total. The van der Waals surface area contributed by atoms with E-state index in [0.29, 0.717) is 0 Å². The van der Waals surface area contributed by atoms with Crippen molar-refractivity contribution >= 4 is 52.3 Å². The van der Waals surface area contributed by atoms with Crippen LogP contribution in [0.3, 0.4) is 0 Å². The predicted octanol–water partition coefficient (Wildman–Crippen LogP) is 3.96. The first-order valence-corrected chi connectivity index (χ1v) is 10.9. The van der Waals surface area contributed by atoms with E-state index in [1.165, 1.54) is 4.90 Å². The van der Waals surface area contributed by atoms with Crippen LogP contribution >= 0.6 is 40.5 Å². The average Bonchev–Trinajstić information content (AvgIpc) is 2.27. The highest BCUT2D eigenvalue weighted by Crippen LogP contribution is 2.54. The summed E-state index contributed by atoms with van der Waals surface area (Å²) in [5, 5.41) is -0.797. The number of hydrogen-bond donors (Lipinski definition) is 1. The Morgan fingerprint density at radius 1 is 1.40 bits per heavy atom. The van der Waals surface area contributed by atoms with Gasteiger partial charge in [-0.05, 0) is 30.0 Å². The van der Waals surface area contributed by atoms with Crippen LogP contribution in [0.15, 0.2) is 29.2 Å². The zero-order chi connectivity index (χ0) is 11.1. The van der Waals surface area contributed by atoms with E-state index in [1.807, 2.05) is 23.5 Å². The molecule has 1 rings (SSSR count). The van der Waals surface area contributed by atoms with Gasteiger partial charge < -0.3 is 4.74 Å². The monoisotopic (exact) mass is 296 g/mol. The number of methoxy groups -OCH3 is 1. The SMILES string of the molecule is COc1ccc(S[PH](=S)SCCS)cc1. The lowest BCUT2D eigenvalue weighted by molar-refractivity contribution is 0.414. The zero-order valence-corrected chi connectivity index (χ0v) is 12.6. The van der Waals surface area contributed by atoms with Gasteiger partial charge >= 0.3 is 0 Å². The van der Waals surface area contributed by atoms with Gasteiger partial charge in [0.2, 0.25) is 0 Å². The first-order valence-electron chi connectivity index (χ1n) is 4.36. The summed E-state index contributed by atoms with van der Waals surface area (Å²) in [6, 6.07) is 8.05. The number of thiol groups is 1. The van der Waals surface area contributed by atoms with Gasteiger partial charge in [-0.1, -0.05) is 23.2 Å². The smallest absolute Gasteiger partial charge is 0.118 e. The second-order valence-corrected chi connectivity index (χ2v) is 12.4. The first-order chi connectivity index (χ1) is 7.26. The van der Waals surface area contributed by atoms with Crippen LogP contribution in [-0.4, -0.2) is 18.6 Å². The molecular formula is C9H13OPS4. The van der Waals surface area contributed by atoms with Crippen LogP contribution in [0.5, 0.6) is 5.75 Å². The molecule has 1 unspecified atom stereocenters. The third kappa shape index (κ3) is 5.55. The van der Waals surface area contributed by atoms with Crippen molar-refractivity contribution in [3.63, 3.8) is 0 Å². The molecule has 15 heavy (non-hydrogen) atoms. The Kier molecular flexibility index (Phi) is 7.27. The molecule has 0 amide bonds. The third-order valence-corrected chi connectivity index (χ3v) is 9.56. The Labute approximate surface area is 110 Å². The van der Waals surface area contributed by atoms with Gasteiger partial charge in [0.25, 0.3) is 0 Å². The molecule has 1 aromatic carbocycles. The number of ether oxygens (including phenoxy) is 1. The van der Waals surface area contributed by atoms with E-state index in [-0.39, 0.29) is 0 Å². The third-order valence-electron chi connectivity index (χ3n) is 1.57. The highest BCUT2D eigenvalue weighted by molar-refractivity contribution is 8.94. The minimum absolute atomic E-state index is 0.797. The quantitative estimate of drug-likeness (QED) is 0.628. The van der Waals surface area contributed by atoms with Gasteiger partial charge in [0, 0.05) is 15.7 Å². The summed E-state index contributed by atoms with van der Waals surface area (Å²) in [5.41, 5.74) is 0. The standard InChI is InChI=1S/C9H13OPS4/c1-10-8-2-4-9(5-3-8)15-11(13)14-7-6-12/h2-5,11-12H,6-7H2,1H3. The van der Waals surface area contributed by atoms with Crippen LogP contribution in [0.25, 0.3) is 0 Å². The summed E-state index contributed by atoms with van der Waals surface area (Å²) in [6.45, 7) is 0. The summed E-state index contributed by atoms with van der Waals surface area (Å²) in [5.74, 6) is 2.84. The molecule has 0 saturated heterocycles. The minimum Gasteiger partial charge on any atom is -0.497 e. The summed E-state index contributed by atoms with van der Waals surface area (Å²) >= 11 is 13.2. The molecule has 0 N–H and O–H groups in total. The van der Waals surface area contributed by atoms with Crippen LogP contribution in [0.2, 0.25) is 0 Å². The Morgan fingerprint density at radius 2 is 2.07 bits per heavy atom. The van der Waals surface area contributed by atoms with Gasteiger partial charge in [-0.2, -0.15) is 12.6 Å². The van der Waals surface area contributed by atoms with E-state index in [0.717, 1.165) is 17.3 Å². The van der Waals surface area contributed by atoms with Crippen LogP contribution in [0.1, 0.15) is 0 Å². The fourth-order valence-corrected chi connectivity index (χ4v) is 8.20. The fourth-order valence-electron chi connectivity index (χ4n) is 0.898. The van der Waals surface area contributed by atoms with Crippen molar-refractivity contribution in [1.82, 2.24) is 0 Å². The van der Waals surface area contributed by atoms with Gasteiger partial charge in [0.15, 0.2) is 0 Å². The Hall–Kier alpha value is 0.720. The average molecular weight is 296 g/mol. The molecule has 0 spiro atoms. The Balaban J connectivity index is 2.46. The molecular weight excluding hydrogens is 283 g/mol. The van der Waals surface area contributed by atoms with E-state index in [1.54, 1.807) is 18.5 Å². The molecule has 0 aliphatic rings. The number of benzene rings is 1. The maximum Gasteiger partial charge on any atom is 0.118 e. The lowest BCUT2D eigenvalue weighted by Crippen LogP contribution is -1.80. The molecule has 0 aliphatic heterocycles. The highest BCUT2D eigenvalue weighted by Gasteiger charge is 1.99. The molecule has 1 aromatic rings. The summed E-state index contributed by atoms with van der Waals surface area (Å²) < 4.78 is 5.10. The maximum absolute atomic E-state index is 5.41. The van der Waals surface area contributed by atoms with Crippen molar-refractivity contribution in [2.45, 2.75) is 4.90 Å². The van der Waals surface area contributed by atoms with Crippen molar-refractivity contribution < 1.29 is 4.74 Å². The molecule has 0 radical (unpaired) electrons. The van der Waals surface area contributed by atoms with Gasteiger partial charge in [-0.3, -0.25) is 0 Å². The van der Waals surface area contributed by atoms with Crippen molar-refractivity contribution in [1.29, 1.82) is 0 Å². The molecule has 0 bridgehead atoms. The van der Waals surface area contributed by atoms with E-state index < -0.39 is 5.10 Å². The highest BCUT2D eigenvalue weighted by atomic mass is 33.2. The first kappa shape index (κ1) is 13.8. The maximum atomic E-state index is 5.41. The second kappa shape index (κ2) is 7.91. The Morgan fingerprint density at radius 3 is 2.60 bits per heavy atom. The van der Waals surface area contributed by atoms with Crippen LogP contribution in [0.4, 0.5) is 0 Å². The Bertz CT molecular complexity index is 314. The van der Waals surface area contributed by atoms with Gasteiger partial charge in [-0.25, -0.2) is 0 Å². The van der Waals surface area contributed by atoms with Crippen LogP contribution in [-0.2, 0) is 11.8 Å². The van der Waals surface area contributed by atoms with Crippen molar-refractivity contribution in [2.75, 3.05) is 18.6 Å². The molecule has 0 fully saturated rings. The number of hydrogen-bond acceptors (Lipinski definition) is 5. The molecule has 1 atom stereocenters. The largest absolute Gasteiger partial charge is 0.497 e. The molecule has 6 heteroatoms. The minimum atomic E-state index is -0.797. The van der Waals surface area contributed by atoms with Crippen LogP contribution < -0.4 is 4.74 Å². The van der Waals surface area contributed by atoms with Crippen LogP contribution in [0, 0.1) is 0 Å². The lowest BCUT2D eigenvalue weighted by atomic mass is 10.3. The van der Waals surface area contributed by atoms with Gasteiger partial charge in [0.1, 0.15) is 5.75 Å². The van der Waals surface area contributed by atoms with Crippen molar-refractivity contribution in [3.8, 4) is 5.75 Å². The molecule has 0 heterocycles. The predicted molar refractivity (Wildman–Crippen MR) is 80.8 cm³/mol. The number of rotatable bonds is 6. The summed E-state index contributed by atoms with van der Waals surface area (Å²) in [4.78, 5) is 1.23. The molecule has 0 aromatic heterocycles. The lowest BCUT2D eigenvalue weighted by Gasteiger charge is -2.04. The van der Waals surface area contributed by atoms with E-state index in [2.05, 4.69) is 24.8 Å². The van der Waals surface area contributed by atoms with E-state index >= 15 is 0 Å². The van der Waals surface area contributed by atoms with Gasteiger partial charge in [0.05, 0.1) is 7.11 Å². The topological polar surface area (TPSA) is 9.23 Å². The molecule has 0 aliphatic carbocycles. The summed E-state index contributed by atoms with van der Waals surface area (Å²) in [7, 11) is 1.67. The van der Waals surface area contributed by atoms with E-state index in [4.69, 9.17) is 16.5 Å². The zero-order valence-electron chi connectivity index (χ0n) is 8.30. The molecule has 0 saturated carbocycles. The second-order valence-electron chi connectivity index (χ2n) is 2.60. The molecule has 84 valence electrons. The normalized spacial score (nSPS) is 12.4. The fraction of sp³-hybridized carbons (Fsp3) is 0.333. The van der Waals surface area contributed by atoms with Gasteiger partial charge in [-0.15, -0.1) is 11.4 Å². The van der Waals surface area contributed by atoms with Crippen molar-refractivity contribution in [3.05, 3.63) is 24.3 Å². The summed E-state index contributed by atoms with van der Waals surface area (Å²) in [6.07, 6.45) is 0. The van der Waals surface area contributed by atoms with E-state index in [9.17, 15) is 0 Å². The van der Waals surface area contributed by atoms with Crippen molar-refractivity contribution in [2.24, 2.45) is 0 Å².